The van der Waals surface area contributed by atoms with Gasteiger partial charge in [0.25, 0.3) is 5.91 Å². The summed E-state index contributed by atoms with van der Waals surface area (Å²) in [6.07, 6.45) is 0.756. The van der Waals surface area contributed by atoms with Crippen molar-refractivity contribution < 1.29 is 14.3 Å². The number of amides is 2. The normalized spacial score (nSPS) is 15.8. The first-order chi connectivity index (χ1) is 12.1. The number of anilines is 1. The topological polar surface area (TPSA) is 58.6 Å². The van der Waals surface area contributed by atoms with E-state index in [1.54, 1.807) is 4.90 Å². The van der Waals surface area contributed by atoms with Crippen molar-refractivity contribution in [1.82, 2.24) is 5.32 Å². The van der Waals surface area contributed by atoms with E-state index in [0.29, 0.717) is 18.9 Å². The van der Waals surface area contributed by atoms with Crippen molar-refractivity contribution >= 4 is 17.5 Å². The van der Waals surface area contributed by atoms with Crippen LogP contribution in [0.3, 0.4) is 0 Å². The summed E-state index contributed by atoms with van der Waals surface area (Å²) in [6, 6.07) is 15.0. The van der Waals surface area contributed by atoms with Crippen molar-refractivity contribution in [2.24, 2.45) is 0 Å². The molecular formula is C20H22N2O3. The molecule has 3 rings (SSSR count). The maximum absolute atomic E-state index is 12.9. The van der Waals surface area contributed by atoms with Gasteiger partial charge in [-0.3, -0.25) is 9.59 Å². The molecule has 0 bridgehead atoms. The third-order valence-corrected chi connectivity index (χ3v) is 4.24. The van der Waals surface area contributed by atoms with Gasteiger partial charge in [0.1, 0.15) is 11.8 Å². The Bertz CT molecular complexity index is 774. The fraction of sp³-hybridized carbons (Fsp3) is 0.300. The molecule has 0 unspecified atom stereocenters. The Morgan fingerprint density at radius 2 is 1.96 bits per heavy atom. The van der Waals surface area contributed by atoms with Crippen molar-refractivity contribution in [3.63, 3.8) is 0 Å². The molecule has 2 aromatic rings. The molecule has 1 heterocycles. The molecule has 0 aliphatic carbocycles. The molecule has 0 saturated heterocycles. The number of carbonyl (C=O) groups excluding carboxylic acids is 2. The van der Waals surface area contributed by atoms with Gasteiger partial charge in [0, 0.05) is 24.7 Å². The van der Waals surface area contributed by atoms with Gasteiger partial charge in [0.15, 0.2) is 0 Å². The average Bonchev–Trinajstić information content (AvgIpc) is 2.85. The summed E-state index contributed by atoms with van der Waals surface area (Å²) in [6.45, 7) is 4.46. The SMILES string of the molecule is CCOc1ccc2c(c1)[C@H](NC(C)=O)C(=O)N2CCc1ccccc1. The van der Waals surface area contributed by atoms with Gasteiger partial charge in [-0.1, -0.05) is 30.3 Å². The van der Waals surface area contributed by atoms with Crippen LogP contribution in [0.25, 0.3) is 0 Å². The maximum atomic E-state index is 12.9. The molecule has 5 nitrogen and oxygen atoms in total. The second kappa shape index (κ2) is 7.38. The predicted octanol–water partition coefficient (Wildman–Crippen LogP) is 2.85. The average molecular weight is 338 g/mol. The Morgan fingerprint density at radius 1 is 1.20 bits per heavy atom. The minimum absolute atomic E-state index is 0.102. The van der Waals surface area contributed by atoms with Gasteiger partial charge < -0.3 is 15.0 Å². The molecule has 0 fully saturated rings. The van der Waals surface area contributed by atoms with Crippen LogP contribution in [0.4, 0.5) is 5.69 Å². The zero-order chi connectivity index (χ0) is 17.8. The van der Waals surface area contributed by atoms with E-state index < -0.39 is 6.04 Å². The zero-order valence-corrected chi connectivity index (χ0v) is 14.5. The van der Waals surface area contributed by atoms with E-state index in [4.69, 9.17) is 4.74 Å². The molecule has 1 aliphatic heterocycles. The van der Waals surface area contributed by atoms with Crippen LogP contribution in [0.1, 0.15) is 31.0 Å². The van der Waals surface area contributed by atoms with Crippen molar-refractivity contribution in [1.29, 1.82) is 0 Å². The van der Waals surface area contributed by atoms with Crippen molar-refractivity contribution in [2.45, 2.75) is 26.3 Å². The van der Waals surface area contributed by atoms with Crippen LogP contribution in [0.15, 0.2) is 48.5 Å². The van der Waals surface area contributed by atoms with Crippen LogP contribution >= 0.6 is 0 Å². The Hall–Kier alpha value is -2.82. The number of nitrogens with one attached hydrogen (secondary N) is 1. The predicted molar refractivity (Wildman–Crippen MR) is 96.7 cm³/mol. The number of benzene rings is 2. The number of hydrogen-bond donors (Lipinski definition) is 1. The van der Waals surface area contributed by atoms with Crippen LogP contribution in [0, 0.1) is 0 Å². The Kier molecular flexibility index (Phi) is 5.03. The summed E-state index contributed by atoms with van der Waals surface area (Å²) in [5.74, 6) is 0.375. The number of carbonyl (C=O) groups is 2. The highest BCUT2D eigenvalue weighted by Gasteiger charge is 2.37. The van der Waals surface area contributed by atoms with Crippen molar-refractivity contribution in [2.75, 3.05) is 18.1 Å². The second-order valence-electron chi connectivity index (χ2n) is 6.01. The Labute approximate surface area is 147 Å². The molecule has 1 atom stereocenters. The lowest BCUT2D eigenvalue weighted by molar-refractivity contribution is -0.126. The first-order valence-electron chi connectivity index (χ1n) is 8.49. The highest BCUT2D eigenvalue weighted by atomic mass is 16.5. The summed E-state index contributed by atoms with van der Waals surface area (Å²) < 4.78 is 5.54. The molecule has 0 saturated carbocycles. The molecule has 2 amide bonds. The molecular weight excluding hydrogens is 316 g/mol. The molecule has 1 aliphatic rings. The van der Waals surface area contributed by atoms with Gasteiger partial charge in [-0.2, -0.15) is 0 Å². The van der Waals surface area contributed by atoms with E-state index in [0.717, 1.165) is 17.7 Å². The molecule has 0 radical (unpaired) electrons. The first kappa shape index (κ1) is 17.0. The standard InChI is InChI=1S/C20H22N2O3/c1-3-25-16-9-10-18-17(13-16)19(21-14(2)23)20(24)22(18)12-11-15-7-5-4-6-8-15/h4-10,13,19H,3,11-12H2,1-2H3,(H,21,23)/t19-/m0/s1. The fourth-order valence-corrected chi connectivity index (χ4v) is 3.13. The zero-order valence-electron chi connectivity index (χ0n) is 14.5. The minimum atomic E-state index is -0.649. The van der Waals surface area contributed by atoms with E-state index in [1.165, 1.54) is 12.5 Å². The largest absolute Gasteiger partial charge is 0.494 e. The summed E-state index contributed by atoms with van der Waals surface area (Å²) >= 11 is 0. The van der Waals surface area contributed by atoms with Crippen molar-refractivity contribution in [3.05, 3.63) is 59.7 Å². The minimum Gasteiger partial charge on any atom is -0.494 e. The van der Waals surface area contributed by atoms with Crippen LogP contribution in [-0.4, -0.2) is 25.0 Å². The highest BCUT2D eigenvalue weighted by Crippen LogP contribution is 2.38. The molecule has 130 valence electrons. The lowest BCUT2D eigenvalue weighted by Gasteiger charge is -2.18. The quantitative estimate of drug-likeness (QED) is 0.881. The molecule has 0 aromatic heterocycles. The van der Waals surface area contributed by atoms with Crippen LogP contribution < -0.4 is 15.0 Å². The van der Waals surface area contributed by atoms with E-state index in [-0.39, 0.29) is 11.8 Å². The summed E-state index contributed by atoms with van der Waals surface area (Å²) in [5, 5.41) is 2.76. The smallest absolute Gasteiger partial charge is 0.254 e. The number of ether oxygens (including phenoxy) is 1. The van der Waals surface area contributed by atoms with Gasteiger partial charge in [0.05, 0.1) is 6.61 Å². The molecule has 2 aromatic carbocycles. The molecule has 5 heteroatoms. The number of fused-ring (bicyclic) bond motifs is 1. The lowest BCUT2D eigenvalue weighted by atomic mass is 10.1. The van der Waals surface area contributed by atoms with Gasteiger partial charge >= 0.3 is 0 Å². The maximum Gasteiger partial charge on any atom is 0.254 e. The van der Waals surface area contributed by atoms with E-state index in [9.17, 15) is 9.59 Å². The van der Waals surface area contributed by atoms with E-state index >= 15 is 0 Å². The van der Waals surface area contributed by atoms with Gasteiger partial charge in [-0.25, -0.2) is 0 Å². The van der Waals surface area contributed by atoms with E-state index in [2.05, 4.69) is 5.32 Å². The monoisotopic (exact) mass is 338 g/mol. The highest BCUT2D eigenvalue weighted by molar-refractivity contribution is 6.06. The number of hydrogen-bond acceptors (Lipinski definition) is 3. The Balaban J connectivity index is 1.87. The molecule has 25 heavy (non-hydrogen) atoms. The number of nitrogens with zero attached hydrogens (tertiary/aromatic N) is 1. The summed E-state index contributed by atoms with van der Waals surface area (Å²) in [4.78, 5) is 26.1. The van der Waals surface area contributed by atoms with Gasteiger partial charge in [-0.05, 0) is 37.1 Å². The summed E-state index contributed by atoms with van der Waals surface area (Å²) in [5.41, 5.74) is 2.80. The molecule has 0 spiro atoms. The van der Waals surface area contributed by atoms with Crippen LogP contribution in [0.2, 0.25) is 0 Å². The van der Waals surface area contributed by atoms with Crippen LogP contribution in [0.5, 0.6) is 5.75 Å². The van der Waals surface area contributed by atoms with Crippen LogP contribution in [-0.2, 0) is 16.0 Å². The summed E-state index contributed by atoms with van der Waals surface area (Å²) in [7, 11) is 0. The van der Waals surface area contributed by atoms with E-state index in [1.807, 2.05) is 55.5 Å². The van der Waals surface area contributed by atoms with Gasteiger partial charge in [0.2, 0.25) is 5.91 Å². The molecule has 1 N–H and O–H groups in total. The van der Waals surface area contributed by atoms with Crippen molar-refractivity contribution in [3.8, 4) is 5.75 Å². The third-order valence-electron chi connectivity index (χ3n) is 4.24. The Morgan fingerprint density at radius 3 is 2.64 bits per heavy atom. The first-order valence-corrected chi connectivity index (χ1v) is 8.49. The third kappa shape index (κ3) is 3.65. The second-order valence-corrected chi connectivity index (χ2v) is 6.01. The van der Waals surface area contributed by atoms with Gasteiger partial charge in [-0.15, -0.1) is 0 Å². The number of rotatable bonds is 6. The fourth-order valence-electron chi connectivity index (χ4n) is 3.13. The lowest BCUT2D eigenvalue weighted by Crippen LogP contribution is -2.37.